The van der Waals surface area contributed by atoms with Crippen LogP contribution in [0.15, 0.2) is 135 Å². The number of nitrogens with zero attached hydrogens (tertiary/aromatic N) is 4. The Bertz CT molecular complexity index is 3400. The van der Waals surface area contributed by atoms with Crippen molar-refractivity contribution in [1.82, 2.24) is 40.4 Å². The number of fused-ring (bicyclic) bond motifs is 2. The summed E-state index contributed by atoms with van der Waals surface area (Å²) in [6, 6.07) is 25.2. The molecule has 0 radical (unpaired) electrons. The van der Waals surface area contributed by atoms with Crippen molar-refractivity contribution < 1.29 is 53.0 Å². The zero-order valence-corrected chi connectivity index (χ0v) is 43.5. The topological polar surface area (TPSA) is 257 Å². The van der Waals surface area contributed by atoms with Crippen molar-refractivity contribution >= 4 is 37.7 Å². The molecular weight excluding hydrogens is 1030 g/mol. The fourth-order valence-corrected chi connectivity index (χ4v) is 10.0. The van der Waals surface area contributed by atoms with E-state index in [2.05, 4.69) is 31.2 Å². The minimum absolute atomic E-state index is 0.00747. The second kappa shape index (κ2) is 25.3. The molecule has 0 saturated heterocycles. The van der Waals surface area contributed by atoms with E-state index in [0.717, 1.165) is 0 Å². The Balaban J connectivity index is 0.000000221. The van der Waals surface area contributed by atoms with E-state index in [-0.39, 0.29) is 59.8 Å². The van der Waals surface area contributed by atoms with Crippen LogP contribution in [-0.2, 0) is 55.9 Å². The molecule has 2 aliphatic heterocycles. The average molecular weight is 1090 g/mol. The van der Waals surface area contributed by atoms with Gasteiger partial charge >= 0.3 is 20.2 Å². The normalized spacial score (nSPS) is 16.2. The van der Waals surface area contributed by atoms with Gasteiger partial charge in [-0.25, -0.2) is 18.7 Å². The Labute approximate surface area is 437 Å². The van der Waals surface area contributed by atoms with Crippen molar-refractivity contribution in [2.75, 3.05) is 27.3 Å². The molecule has 0 bridgehead atoms. The number of amides is 2. The Morgan fingerprint density at radius 3 is 1.58 bits per heavy atom. The largest absolute Gasteiger partial charge is 0.383 e. The van der Waals surface area contributed by atoms with Crippen LogP contribution in [0.2, 0.25) is 0 Å². The third kappa shape index (κ3) is 13.6. The van der Waals surface area contributed by atoms with Crippen molar-refractivity contribution in [3.05, 3.63) is 182 Å². The van der Waals surface area contributed by atoms with Gasteiger partial charge in [0.25, 0.3) is 22.9 Å². The van der Waals surface area contributed by atoms with E-state index in [1.54, 1.807) is 12.1 Å². The van der Waals surface area contributed by atoms with Crippen LogP contribution in [0.5, 0.6) is 11.5 Å². The van der Waals surface area contributed by atoms with Gasteiger partial charge in [0.15, 0.2) is 17.2 Å². The van der Waals surface area contributed by atoms with E-state index in [1.165, 1.54) is 120 Å². The van der Waals surface area contributed by atoms with Gasteiger partial charge in [-0.05, 0) is 92.4 Å². The highest BCUT2D eigenvalue weighted by Crippen LogP contribution is 2.28. The lowest BCUT2D eigenvalue weighted by Gasteiger charge is -2.20. The zero-order chi connectivity index (χ0) is 54.6. The fourth-order valence-electron chi connectivity index (χ4n) is 8.13. The maximum absolute atomic E-state index is 13.8. The van der Waals surface area contributed by atoms with E-state index in [9.17, 15) is 44.8 Å². The number of hydrogen-bond acceptors (Lipinski definition) is 16. The third-order valence-electron chi connectivity index (χ3n) is 12.1. The molecule has 76 heavy (non-hydrogen) atoms. The first kappa shape index (κ1) is 56.1. The molecule has 1 unspecified atom stereocenters. The molecule has 4 N–H and O–H groups in total. The number of carbonyl (C=O) groups is 2. The molecule has 2 amide bonds. The first-order valence-electron chi connectivity index (χ1n) is 24.0. The van der Waals surface area contributed by atoms with Crippen LogP contribution in [-0.4, -0.2) is 87.3 Å². The van der Waals surface area contributed by atoms with Crippen molar-refractivity contribution in [2.24, 2.45) is 0 Å². The minimum Gasteiger partial charge on any atom is -0.383 e. The molecule has 4 heterocycles. The number of carbonyl (C=O) groups excluding carboxylic acids is 2. The molecule has 4 aromatic carbocycles. The molecule has 0 spiro atoms. The van der Waals surface area contributed by atoms with Gasteiger partial charge in [0.1, 0.15) is 27.2 Å². The van der Waals surface area contributed by atoms with Crippen molar-refractivity contribution in [2.45, 2.75) is 87.3 Å². The molecule has 402 valence electrons. The molecule has 0 fully saturated rings. The van der Waals surface area contributed by atoms with Gasteiger partial charge in [0.05, 0.1) is 37.0 Å². The number of rotatable bonds is 18. The van der Waals surface area contributed by atoms with Crippen LogP contribution in [0.3, 0.4) is 0 Å². The summed E-state index contributed by atoms with van der Waals surface area (Å²) in [5.74, 6) is -3.51. The molecular formula is C52H56F2N8O12S2. The van der Waals surface area contributed by atoms with Gasteiger partial charge in [-0.1, -0.05) is 73.7 Å². The van der Waals surface area contributed by atoms with Crippen LogP contribution >= 0.6 is 0 Å². The summed E-state index contributed by atoms with van der Waals surface area (Å²) in [6.45, 7) is 4.99. The maximum atomic E-state index is 13.8. The minimum atomic E-state index is -4.48. The fraction of sp³-hybridized carbons (Fsp3) is 0.308. The summed E-state index contributed by atoms with van der Waals surface area (Å²) in [5, 5.41) is 11.6. The summed E-state index contributed by atoms with van der Waals surface area (Å²) in [7, 11) is -5.91. The quantitative estimate of drug-likeness (QED) is 0.0827. The number of halogens is 2. The Morgan fingerprint density at radius 2 is 1.11 bits per heavy atom. The average Bonchev–Trinajstić information content (AvgIpc) is 3.72. The summed E-state index contributed by atoms with van der Waals surface area (Å²) in [5.41, 5.74) is -0.943. The van der Waals surface area contributed by atoms with E-state index < -0.39 is 83.8 Å². The third-order valence-corrected chi connectivity index (χ3v) is 14.5. The lowest BCUT2D eigenvalue weighted by molar-refractivity contribution is 0.0808. The molecule has 3 atom stereocenters. The van der Waals surface area contributed by atoms with Gasteiger partial charge in [-0.15, -0.1) is 0 Å². The SMILES string of the molecule is CCNC1=CC[C@H](OC)Cn2c1nc(C(=O)NCc1ccc(F)cc1)c(OS(=O)(=O)c1ccccc1)c2=O.CCNC1CC[C@H](OC)Cn2c1nc(C(=O)NCc1ccc(F)cc1)c(OS(=O)(=O)c1ccccc1)c2=O. The zero-order valence-electron chi connectivity index (χ0n) is 41.8. The van der Waals surface area contributed by atoms with Gasteiger partial charge in [-0.3, -0.25) is 28.3 Å². The Morgan fingerprint density at radius 1 is 0.632 bits per heavy atom. The van der Waals surface area contributed by atoms with Crippen LogP contribution in [0.1, 0.15) is 82.9 Å². The number of methoxy groups -OCH3 is 2. The number of benzene rings is 4. The molecule has 0 saturated carbocycles. The van der Waals surface area contributed by atoms with E-state index in [0.29, 0.717) is 49.2 Å². The molecule has 2 aliphatic rings. The van der Waals surface area contributed by atoms with E-state index >= 15 is 0 Å². The van der Waals surface area contributed by atoms with Crippen LogP contribution in [0, 0.1) is 11.6 Å². The maximum Gasteiger partial charge on any atom is 0.339 e. The van der Waals surface area contributed by atoms with Gasteiger partial charge in [0.2, 0.25) is 11.5 Å². The lowest BCUT2D eigenvalue weighted by atomic mass is 10.1. The van der Waals surface area contributed by atoms with Gasteiger partial charge < -0.3 is 39.1 Å². The molecule has 24 heteroatoms. The Kier molecular flexibility index (Phi) is 18.6. The van der Waals surface area contributed by atoms with Crippen LogP contribution in [0.25, 0.3) is 5.70 Å². The highest BCUT2D eigenvalue weighted by atomic mass is 32.2. The molecule has 2 aromatic heterocycles. The van der Waals surface area contributed by atoms with E-state index in [1.807, 2.05) is 19.9 Å². The van der Waals surface area contributed by atoms with Gasteiger partial charge in [-0.2, -0.15) is 16.8 Å². The van der Waals surface area contributed by atoms with Crippen molar-refractivity contribution in [3.8, 4) is 11.5 Å². The highest BCUT2D eigenvalue weighted by Gasteiger charge is 2.34. The molecule has 6 aromatic rings. The second-order valence-electron chi connectivity index (χ2n) is 17.2. The standard InChI is InChI=1S/C26H29FN4O6S.C26H27FN4O6S/c2*1-3-28-21-14-13-19(36-2)16-31-24(21)30-22(25(32)29-15-17-9-11-18(27)12-10-17)23(26(31)33)37-38(34,35)20-7-5-4-6-8-20/h4-12,19,21,28H,3,13-16H2,1-2H3,(H,29,32);4-12,14,19,28H,3,13,15-16H2,1-2H3,(H,29,32)/t19-,21?;19-/m00/s1. The number of nitrogens with one attached hydrogen (secondary N) is 4. The monoisotopic (exact) mass is 1090 g/mol. The van der Waals surface area contributed by atoms with Crippen molar-refractivity contribution in [3.63, 3.8) is 0 Å². The first-order valence-corrected chi connectivity index (χ1v) is 26.9. The van der Waals surface area contributed by atoms with E-state index in [4.69, 9.17) is 17.8 Å². The number of hydrogen-bond donors (Lipinski definition) is 4. The second-order valence-corrected chi connectivity index (χ2v) is 20.3. The van der Waals surface area contributed by atoms with Crippen molar-refractivity contribution in [1.29, 1.82) is 0 Å². The smallest absolute Gasteiger partial charge is 0.339 e. The van der Waals surface area contributed by atoms with Crippen LogP contribution < -0.4 is 40.8 Å². The lowest BCUT2D eigenvalue weighted by Crippen LogP contribution is -2.37. The summed E-state index contributed by atoms with van der Waals surface area (Å²) >= 11 is 0. The highest BCUT2D eigenvalue weighted by molar-refractivity contribution is 7.87. The summed E-state index contributed by atoms with van der Waals surface area (Å²) in [4.78, 5) is 62.6. The summed E-state index contributed by atoms with van der Waals surface area (Å²) in [6.07, 6.45) is 2.73. The Hall–Kier alpha value is -7.64. The molecule has 8 rings (SSSR count). The van der Waals surface area contributed by atoms with Crippen LogP contribution in [0.4, 0.5) is 8.78 Å². The predicted octanol–water partition coefficient (Wildman–Crippen LogP) is 4.99. The number of aromatic nitrogens is 4. The number of ether oxygens (including phenoxy) is 2. The first-order chi connectivity index (χ1) is 36.5. The molecule has 0 aliphatic carbocycles. The summed E-state index contributed by atoms with van der Waals surface area (Å²) < 4.78 is 103. The van der Waals surface area contributed by atoms with Gasteiger partial charge in [0, 0.05) is 33.9 Å². The predicted molar refractivity (Wildman–Crippen MR) is 274 cm³/mol. The molecule has 20 nitrogen and oxygen atoms in total.